The van der Waals surface area contributed by atoms with Crippen molar-refractivity contribution in [2.24, 2.45) is 0 Å². The van der Waals surface area contributed by atoms with Gasteiger partial charge in [0.05, 0.1) is 11.4 Å². The van der Waals surface area contributed by atoms with Crippen LogP contribution in [0.3, 0.4) is 0 Å². The molecule has 0 aromatic heterocycles. The van der Waals surface area contributed by atoms with E-state index >= 15 is 0 Å². The van der Waals surface area contributed by atoms with Crippen LogP contribution in [0.25, 0.3) is 10.8 Å². The first-order valence-corrected chi connectivity index (χ1v) is 12.2. The zero-order valence-electron chi connectivity index (χ0n) is 17.6. The maximum absolute atomic E-state index is 12.6. The molecule has 7 heteroatoms. The second-order valence-electron chi connectivity index (χ2n) is 7.78. The topological polar surface area (TPSA) is 78.5 Å². The molecule has 2 N–H and O–H groups in total. The van der Waals surface area contributed by atoms with Gasteiger partial charge in [-0.15, -0.1) is 0 Å². The average molecular weight is 438 g/mol. The number of aryl methyl sites for hydroxylation is 1. The van der Waals surface area contributed by atoms with Gasteiger partial charge in [-0.3, -0.25) is 4.31 Å². The van der Waals surface area contributed by atoms with Crippen molar-refractivity contribution >= 4 is 38.2 Å². The smallest absolute Gasteiger partial charge is 0.319 e. The lowest BCUT2D eigenvalue weighted by atomic mass is 10.0. The van der Waals surface area contributed by atoms with Crippen LogP contribution in [-0.2, 0) is 23.0 Å². The summed E-state index contributed by atoms with van der Waals surface area (Å²) in [4.78, 5) is 12.5. The van der Waals surface area contributed by atoms with E-state index in [4.69, 9.17) is 0 Å². The summed E-state index contributed by atoms with van der Waals surface area (Å²) in [7, 11) is -3.31. The predicted molar refractivity (Wildman–Crippen MR) is 126 cm³/mol. The van der Waals surface area contributed by atoms with Crippen molar-refractivity contribution in [2.45, 2.75) is 32.7 Å². The number of carbonyl (C=O) groups is 1. The van der Waals surface area contributed by atoms with E-state index in [9.17, 15) is 13.2 Å². The van der Waals surface area contributed by atoms with Crippen molar-refractivity contribution in [1.82, 2.24) is 5.32 Å². The Balaban J connectivity index is 1.44. The zero-order valence-corrected chi connectivity index (χ0v) is 18.4. The fourth-order valence-electron chi connectivity index (χ4n) is 4.09. The summed E-state index contributed by atoms with van der Waals surface area (Å²) in [5.74, 6) is 0.142. The number of rotatable bonds is 6. The Bertz CT molecular complexity index is 1200. The van der Waals surface area contributed by atoms with E-state index in [1.807, 2.05) is 43.3 Å². The van der Waals surface area contributed by atoms with Crippen molar-refractivity contribution in [3.63, 3.8) is 0 Å². The molecule has 2 amide bonds. The fraction of sp³-hybridized carbons (Fsp3) is 0.292. The number of benzene rings is 3. The molecule has 0 unspecified atom stereocenters. The third-order valence-corrected chi connectivity index (χ3v) is 7.51. The average Bonchev–Trinajstić information content (AvgIpc) is 2.77. The van der Waals surface area contributed by atoms with Gasteiger partial charge >= 0.3 is 6.03 Å². The fourth-order valence-corrected chi connectivity index (χ4v) is 5.72. The van der Waals surface area contributed by atoms with Crippen molar-refractivity contribution in [2.75, 3.05) is 21.9 Å². The molecule has 31 heavy (non-hydrogen) atoms. The Morgan fingerprint density at radius 1 is 1.06 bits per heavy atom. The van der Waals surface area contributed by atoms with Gasteiger partial charge in [-0.05, 0) is 59.4 Å². The Labute approximate surface area is 183 Å². The van der Waals surface area contributed by atoms with Gasteiger partial charge in [-0.1, -0.05) is 49.4 Å². The highest BCUT2D eigenvalue weighted by atomic mass is 32.2. The van der Waals surface area contributed by atoms with Crippen molar-refractivity contribution in [1.29, 1.82) is 0 Å². The number of fused-ring (bicyclic) bond motifs is 2. The van der Waals surface area contributed by atoms with Gasteiger partial charge in [0.1, 0.15) is 0 Å². The molecular weight excluding hydrogens is 410 g/mol. The van der Waals surface area contributed by atoms with Crippen LogP contribution in [0.4, 0.5) is 16.2 Å². The van der Waals surface area contributed by atoms with Gasteiger partial charge in [0, 0.05) is 18.8 Å². The van der Waals surface area contributed by atoms with Gasteiger partial charge in [-0.25, -0.2) is 13.2 Å². The first-order chi connectivity index (χ1) is 15.0. The summed E-state index contributed by atoms with van der Waals surface area (Å²) in [5, 5.41) is 8.04. The Kier molecular flexibility index (Phi) is 6.13. The monoisotopic (exact) mass is 437 g/mol. The maximum atomic E-state index is 12.6. The molecule has 0 aliphatic carbocycles. The molecule has 0 atom stereocenters. The number of hydrogen-bond acceptors (Lipinski definition) is 3. The van der Waals surface area contributed by atoms with Gasteiger partial charge < -0.3 is 10.6 Å². The van der Waals surface area contributed by atoms with Gasteiger partial charge in [0.25, 0.3) is 0 Å². The summed E-state index contributed by atoms with van der Waals surface area (Å²) in [6.07, 6.45) is 2.15. The normalized spacial score (nSPS) is 13.6. The molecule has 6 nitrogen and oxygen atoms in total. The lowest BCUT2D eigenvalue weighted by Gasteiger charge is -2.30. The number of amides is 2. The Morgan fingerprint density at radius 3 is 2.71 bits per heavy atom. The number of sulfonamides is 1. The van der Waals surface area contributed by atoms with Gasteiger partial charge in [0.2, 0.25) is 10.0 Å². The molecule has 4 rings (SSSR count). The Hall–Kier alpha value is -3.06. The standard InChI is InChI=1S/C24H27N3O3S/c1-2-15-31(29,30)27-14-6-10-19-16-21(12-13-23(19)27)26-24(28)25-17-20-9-5-8-18-7-3-4-11-22(18)20/h3-5,7-9,11-13,16H,2,6,10,14-15,17H2,1H3,(H2,25,26,28). The predicted octanol–water partition coefficient (Wildman–Crippen LogP) is 4.65. The molecule has 0 bridgehead atoms. The number of nitrogens with one attached hydrogen (secondary N) is 2. The van der Waals surface area contributed by atoms with Gasteiger partial charge in [-0.2, -0.15) is 0 Å². The summed E-state index contributed by atoms with van der Waals surface area (Å²) < 4.78 is 26.7. The van der Waals surface area contributed by atoms with Crippen LogP contribution in [0, 0.1) is 0 Å². The van der Waals surface area contributed by atoms with E-state index in [0.29, 0.717) is 25.2 Å². The van der Waals surface area contributed by atoms with Crippen LogP contribution >= 0.6 is 0 Å². The van der Waals surface area contributed by atoms with Crippen molar-refractivity contribution in [3.05, 3.63) is 71.8 Å². The first-order valence-electron chi connectivity index (χ1n) is 10.6. The highest BCUT2D eigenvalue weighted by molar-refractivity contribution is 7.92. The maximum Gasteiger partial charge on any atom is 0.319 e. The van der Waals surface area contributed by atoms with Crippen LogP contribution in [0.5, 0.6) is 0 Å². The second-order valence-corrected chi connectivity index (χ2v) is 9.79. The lowest BCUT2D eigenvalue weighted by Crippen LogP contribution is -2.37. The highest BCUT2D eigenvalue weighted by Gasteiger charge is 2.26. The van der Waals surface area contributed by atoms with Gasteiger partial charge in [0.15, 0.2) is 0 Å². The molecule has 1 aliphatic heterocycles. The van der Waals surface area contributed by atoms with Crippen LogP contribution in [0.1, 0.15) is 30.9 Å². The molecule has 0 saturated carbocycles. The summed E-state index contributed by atoms with van der Waals surface area (Å²) in [6, 6.07) is 19.3. The van der Waals surface area contributed by atoms with Crippen LogP contribution in [0.15, 0.2) is 60.7 Å². The minimum Gasteiger partial charge on any atom is -0.334 e. The lowest BCUT2D eigenvalue weighted by molar-refractivity contribution is 0.252. The quantitative estimate of drug-likeness (QED) is 0.589. The molecular formula is C24H27N3O3S. The molecule has 1 heterocycles. The second kappa shape index (κ2) is 8.98. The molecule has 162 valence electrons. The summed E-state index contributed by atoms with van der Waals surface area (Å²) >= 11 is 0. The van der Waals surface area contributed by atoms with E-state index in [0.717, 1.165) is 40.4 Å². The number of anilines is 2. The van der Waals surface area contributed by atoms with E-state index in [2.05, 4.69) is 22.8 Å². The van der Waals surface area contributed by atoms with Crippen molar-refractivity contribution < 1.29 is 13.2 Å². The summed E-state index contributed by atoms with van der Waals surface area (Å²) in [6.45, 7) is 2.79. The number of carbonyl (C=O) groups excluding carboxylic acids is 1. The third-order valence-electron chi connectivity index (χ3n) is 5.53. The van der Waals surface area contributed by atoms with E-state index < -0.39 is 10.0 Å². The van der Waals surface area contributed by atoms with E-state index in [1.54, 1.807) is 12.1 Å². The molecule has 0 fully saturated rings. The Morgan fingerprint density at radius 2 is 1.87 bits per heavy atom. The molecule has 0 saturated heterocycles. The van der Waals surface area contributed by atoms with E-state index in [-0.39, 0.29) is 11.8 Å². The van der Waals surface area contributed by atoms with Crippen molar-refractivity contribution in [3.8, 4) is 0 Å². The van der Waals surface area contributed by atoms with Crippen LogP contribution in [0.2, 0.25) is 0 Å². The van der Waals surface area contributed by atoms with Crippen LogP contribution in [-0.4, -0.2) is 26.7 Å². The largest absolute Gasteiger partial charge is 0.334 e. The first kappa shape index (κ1) is 21.2. The highest BCUT2D eigenvalue weighted by Crippen LogP contribution is 2.32. The molecule has 1 aliphatic rings. The van der Waals surface area contributed by atoms with Crippen LogP contribution < -0.4 is 14.9 Å². The van der Waals surface area contributed by atoms with E-state index in [1.165, 1.54) is 4.31 Å². The molecule has 3 aromatic carbocycles. The zero-order chi connectivity index (χ0) is 21.8. The molecule has 3 aromatic rings. The number of urea groups is 1. The SMILES string of the molecule is CCCS(=O)(=O)N1CCCc2cc(NC(=O)NCc3cccc4ccccc34)ccc21. The minimum atomic E-state index is -3.31. The number of hydrogen-bond donors (Lipinski definition) is 2. The molecule has 0 spiro atoms. The minimum absolute atomic E-state index is 0.142. The third kappa shape index (κ3) is 4.66. The number of nitrogens with zero attached hydrogens (tertiary/aromatic N) is 1. The summed E-state index contributed by atoms with van der Waals surface area (Å²) in [5.41, 5.74) is 3.37. The molecule has 0 radical (unpaired) electrons.